The standard InChI is InChI=1S/C15H17N3O2/c19-15(17-5-1-2-6-17)11-3-4-13-12(9-11)16-14-10-20-8-7-18(13)14/h3-4,9H,1-2,5-8,10H2. The highest BCUT2D eigenvalue weighted by atomic mass is 16.5. The van der Waals surface area contributed by atoms with Crippen LogP contribution in [-0.4, -0.2) is 40.1 Å². The molecule has 20 heavy (non-hydrogen) atoms. The molecule has 1 fully saturated rings. The number of amides is 1. The van der Waals surface area contributed by atoms with Crippen molar-refractivity contribution >= 4 is 16.9 Å². The molecule has 104 valence electrons. The summed E-state index contributed by atoms with van der Waals surface area (Å²) in [4.78, 5) is 18.9. The van der Waals surface area contributed by atoms with Crippen LogP contribution >= 0.6 is 0 Å². The van der Waals surface area contributed by atoms with Gasteiger partial charge in [0.2, 0.25) is 0 Å². The third-order valence-corrected chi connectivity index (χ3v) is 4.16. The van der Waals surface area contributed by atoms with Crippen LogP contribution in [0.15, 0.2) is 18.2 Å². The highest BCUT2D eigenvalue weighted by molar-refractivity contribution is 5.97. The van der Waals surface area contributed by atoms with Crippen LogP contribution < -0.4 is 0 Å². The Labute approximate surface area is 117 Å². The summed E-state index contributed by atoms with van der Waals surface area (Å²) in [6.45, 7) is 3.89. The van der Waals surface area contributed by atoms with Gasteiger partial charge in [-0.15, -0.1) is 0 Å². The molecule has 0 atom stereocenters. The number of hydrogen-bond donors (Lipinski definition) is 0. The first-order valence-corrected chi connectivity index (χ1v) is 7.19. The van der Waals surface area contributed by atoms with E-state index in [0.29, 0.717) is 6.61 Å². The summed E-state index contributed by atoms with van der Waals surface area (Å²) in [6.07, 6.45) is 2.23. The predicted molar refractivity (Wildman–Crippen MR) is 74.5 cm³/mol. The van der Waals surface area contributed by atoms with Crippen molar-refractivity contribution in [3.05, 3.63) is 29.6 Å². The minimum Gasteiger partial charge on any atom is -0.372 e. The van der Waals surface area contributed by atoms with Crippen LogP contribution in [0.2, 0.25) is 0 Å². The zero-order chi connectivity index (χ0) is 13.5. The molecule has 0 saturated carbocycles. The number of likely N-dealkylation sites (tertiary alicyclic amines) is 1. The van der Waals surface area contributed by atoms with E-state index in [1.807, 2.05) is 23.1 Å². The van der Waals surface area contributed by atoms with Gasteiger partial charge in [0, 0.05) is 25.2 Å². The zero-order valence-corrected chi connectivity index (χ0v) is 11.3. The molecule has 0 unspecified atom stereocenters. The van der Waals surface area contributed by atoms with Crippen molar-refractivity contribution in [3.8, 4) is 0 Å². The number of ether oxygens (including phenoxy) is 1. The largest absolute Gasteiger partial charge is 0.372 e. The number of imidazole rings is 1. The molecule has 2 aromatic rings. The Balaban J connectivity index is 1.73. The minimum absolute atomic E-state index is 0.131. The van der Waals surface area contributed by atoms with Crippen LogP contribution in [0.25, 0.3) is 11.0 Å². The van der Waals surface area contributed by atoms with Crippen molar-refractivity contribution in [2.24, 2.45) is 0 Å². The topological polar surface area (TPSA) is 47.4 Å². The molecule has 0 bridgehead atoms. The Bertz CT molecular complexity index is 671. The first-order chi connectivity index (χ1) is 9.83. The SMILES string of the molecule is O=C(c1ccc2c(c1)nc1n2CCOC1)N1CCCC1. The lowest BCUT2D eigenvalue weighted by Gasteiger charge is -2.16. The molecular formula is C15H17N3O2. The number of fused-ring (bicyclic) bond motifs is 3. The number of rotatable bonds is 1. The lowest BCUT2D eigenvalue weighted by molar-refractivity contribution is 0.0793. The second kappa shape index (κ2) is 4.59. The fourth-order valence-corrected chi connectivity index (χ4v) is 3.09. The van der Waals surface area contributed by atoms with Crippen molar-refractivity contribution in [2.45, 2.75) is 26.0 Å². The van der Waals surface area contributed by atoms with Gasteiger partial charge < -0.3 is 14.2 Å². The molecule has 0 N–H and O–H groups in total. The summed E-state index contributed by atoms with van der Waals surface area (Å²) in [5.74, 6) is 1.09. The molecule has 0 spiro atoms. The Morgan fingerprint density at radius 1 is 1.20 bits per heavy atom. The summed E-state index contributed by atoms with van der Waals surface area (Å²) in [5.41, 5.74) is 2.74. The summed E-state index contributed by atoms with van der Waals surface area (Å²) < 4.78 is 7.61. The van der Waals surface area contributed by atoms with Gasteiger partial charge in [0.25, 0.3) is 5.91 Å². The van der Waals surface area contributed by atoms with E-state index in [1.54, 1.807) is 0 Å². The molecule has 2 aliphatic heterocycles. The fourth-order valence-electron chi connectivity index (χ4n) is 3.09. The molecule has 0 radical (unpaired) electrons. The van der Waals surface area contributed by atoms with Gasteiger partial charge in [0.15, 0.2) is 0 Å². The van der Waals surface area contributed by atoms with Gasteiger partial charge in [-0.05, 0) is 31.0 Å². The summed E-state index contributed by atoms with van der Waals surface area (Å²) in [7, 11) is 0. The van der Waals surface area contributed by atoms with E-state index in [4.69, 9.17) is 4.74 Å². The third-order valence-electron chi connectivity index (χ3n) is 4.16. The maximum absolute atomic E-state index is 12.4. The van der Waals surface area contributed by atoms with Crippen molar-refractivity contribution < 1.29 is 9.53 Å². The Morgan fingerprint density at radius 3 is 2.90 bits per heavy atom. The molecule has 1 aromatic carbocycles. The van der Waals surface area contributed by atoms with Crippen molar-refractivity contribution in [1.29, 1.82) is 0 Å². The fraction of sp³-hybridized carbons (Fsp3) is 0.467. The number of nitrogens with zero attached hydrogens (tertiary/aromatic N) is 3. The Morgan fingerprint density at radius 2 is 2.05 bits per heavy atom. The second-order valence-corrected chi connectivity index (χ2v) is 5.44. The molecule has 4 rings (SSSR count). The van der Waals surface area contributed by atoms with Gasteiger partial charge in [-0.25, -0.2) is 4.98 Å². The van der Waals surface area contributed by atoms with Gasteiger partial charge in [-0.2, -0.15) is 0 Å². The first kappa shape index (κ1) is 11.9. The number of aromatic nitrogens is 2. The summed E-state index contributed by atoms with van der Waals surface area (Å²) in [6, 6.07) is 5.86. The molecule has 2 aliphatic rings. The van der Waals surface area contributed by atoms with E-state index >= 15 is 0 Å². The van der Waals surface area contributed by atoms with Gasteiger partial charge in [0.05, 0.1) is 17.6 Å². The van der Waals surface area contributed by atoms with E-state index in [1.165, 1.54) is 0 Å². The van der Waals surface area contributed by atoms with Crippen LogP contribution in [0.4, 0.5) is 0 Å². The van der Waals surface area contributed by atoms with Crippen LogP contribution in [0.1, 0.15) is 29.0 Å². The second-order valence-electron chi connectivity index (χ2n) is 5.44. The smallest absolute Gasteiger partial charge is 0.253 e. The molecule has 1 saturated heterocycles. The number of carbonyl (C=O) groups is 1. The number of carbonyl (C=O) groups excluding carboxylic acids is 1. The average molecular weight is 271 g/mol. The van der Waals surface area contributed by atoms with Crippen LogP contribution in [-0.2, 0) is 17.9 Å². The van der Waals surface area contributed by atoms with Gasteiger partial charge >= 0.3 is 0 Å². The summed E-state index contributed by atoms with van der Waals surface area (Å²) >= 11 is 0. The quantitative estimate of drug-likeness (QED) is 0.794. The molecular weight excluding hydrogens is 254 g/mol. The van der Waals surface area contributed by atoms with Crippen molar-refractivity contribution in [3.63, 3.8) is 0 Å². The van der Waals surface area contributed by atoms with Gasteiger partial charge in [-0.3, -0.25) is 4.79 Å². The van der Waals surface area contributed by atoms with E-state index in [0.717, 1.165) is 61.5 Å². The van der Waals surface area contributed by atoms with Crippen LogP contribution in [0.3, 0.4) is 0 Å². The molecule has 1 aromatic heterocycles. The van der Waals surface area contributed by atoms with E-state index in [9.17, 15) is 4.79 Å². The zero-order valence-electron chi connectivity index (χ0n) is 11.3. The molecule has 0 aliphatic carbocycles. The third kappa shape index (κ3) is 1.81. The Hall–Kier alpha value is -1.88. The van der Waals surface area contributed by atoms with E-state index < -0.39 is 0 Å². The van der Waals surface area contributed by atoms with Crippen LogP contribution in [0.5, 0.6) is 0 Å². The lowest BCUT2D eigenvalue weighted by Crippen LogP contribution is -2.27. The molecule has 5 nitrogen and oxygen atoms in total. The first-order valence-electron chi connectivity index (χ1n) is 7.19. The number of hydrogen-bond acceptors (Lipinski definition) is 3. The number of benzene rings is 1. The molecule has 1 amide bonds. The van der Waals surface area contributed by atoms with Gasteiger partial charge in [0.1, 0.15) is 12.4 Å². The minimum atomic E-state index is 0.131. The van der Waals surface area contributed by atoms with Gasteiger partial charge in [-0.1, -0.05) is 0 Å². The van der Waals surface area contributed by atoms with Crippen LogP contribution in [0, 0.1) is 0 Å². The monoisotopic (exact) mass is 271 g/mol. The molecule has 3 heterocycles. The van der Waals surface area contributed by atoms with E-state index in [-0.39, 0.29) is 5.91 Å². The predicted octanol–water partition coefficient (Wildman–Crippen LogP) is 1.80. The summed E-state index contributed by atoms with van der Waals surface area (Å²) in [5, 5.41) is 0. The van der Waals surface area contributed by atoms with E-state index in [2.05, 4.69) is 9.55 Å². The average Bonchev–Trinajstić information content (AvgIpc) is 3.13. The normalized spacial score (nSPS) is 18.5. The maximum Gasteiger partial charge on any atom is 0.253 e. The van der Waals surface area contributed by atoms with Crippen molar-refractivity contribution in [1.82, 2.24) is 14.5 Å². The Kier molecular flexibility index (Phi) is 2.73. The van der Waals surface area contributed by atoms with Crippen molar-refractivity contribution in [2.75, 3.05) is 19.7 Å². The highest BCUT2D eigenvalue weighted by Gasteiger charge is 2.21. The lowest BCUT2D eigenvalue weighted by atomic mass is 10.1. The maximum atomic E-state index is 12.4. The molecule has 5 heteroatoms. The highest BCUT2D eigenvalue weighted by Crippen LogP contribution is 2.22.